The van der Waals surface area contributed by atoms with Gasteiger partial charge in [0.1, 0.15) is 5.82 Å². The van der Waals surface area contributed by atoms with Crippen LogP contribution in [0.1, 0.15) is 23.9 Å². The van der Waals surface area contributed by atoms with E-state index < -0.39 is 0 Å². The summed E-state index contributed by atoms with van der Waals surface area (Å²) in [5, 5.41) is 0.472. The molecule has 0 saturated carbocycles. The van der Waals surface area contributed by atoms with Crippen LogP contribution in [0.4, 0.5) is 0 Å². The highest BCUT2D eigenvalue weighted by Crippen LogP contribution is 2.35. The SMILES string of the molecule is COc1cc2nc(CN3C[C@@H]4C[C@H](C3)c3cccc(=O)n3C4)[nH]c(=O)c2cc1OC. The minimum atomic E-state index is -0.190. The average Bonchev–Trinajstić information content (AvgIpc) is 2.73. The molecule has 0 unspecified atom stereocenters. The van der Waals surface area contributed by atoms with Crippen molar-refractivity contribution in [3.63, 3.8) is 0 Å². The standard InChI is InChI=1S/C22H24N4O4/c1-29-18-7-15-16(8-19(18)30-2)23-20(24-22(15)28)12-25-9-13-6-14(11-25)17-4-3-5-21(27)26(17)10-13/h3-5,7-8,13-14H,6,9-12H2,1-2H3,(H,23,24,28)/t13-,14+/m0/s1. The molecular weight excluding hydrogens is 384 g/mol. The van der Waals surface area contributed by atoms with Crippen molar-refractivity contribution < 1.29 is 9.47 Å². The quantitative estimate of drug-likeness (QED) is 0.707. The van der Waals surface area contributed by atoms with Crippen LogP contribution in [0.3, 0.4) is 0 Å². The molecule has 0 radical (unpaired) electrons. The van der Waals surface area contributed by atoms with Crippen LogP contribution in [-0.2, 0) is 13.1 Å². The number of pyridine rings is 1. The van der Waals surface area contributed by atoms with Crippen molar-refractivity contribution in [1.29, 1.82) is 0 Å². The number of likely N-dealkylation sites (tertiary alicyclic amines) is 1. The normalized spacial score (nSPS) is 20.7. The lowest BCUT2D eigenvalue weighted by Crippen LogP contribution is -2.46. The molecule has 1 saturated heterocycles. The van der Waals surface area contributed by atoms with E-state index in [1.165, 1.54) is 0 Å². The van der Waals surface area contributed by atoms with Gasteiger partial charge in [0.25, 0.3) is 11.1 Å². The number of nitrogens with one attached hydrogen (secondary N) is 1. The zero-order valence-electron chi connectivity index (χ0n) is 17.1. The second-order valence-corrected chi connectivity index (χ2v) is 8.13. The Bertz CT molecular complexity index is 1230. The molecule has 156 valence electrons. The molecule has 1 fully saturated rings. The number of aromatic nitrogens is 3. The molecule has 0 amide bonds. The summed E-state index contributed by atoms with van der Waals surface area (Å²) in [6.07, 6.45) is 1.10. The van der Waals surface area contributed by atoms with Gasteiger partial charge in [0.05, 0.1) is 31.7 Å². The molecule has 1 aromatic carbocycles. The van der Waals surface area contributed by atoms with Gasteiger partial charge in [-0.15, -0.1) is 0 Å². The number of hydrogen-bond acceptors (Lipinski definition) is 6. The Hall–Kier alpha value is -3.13. The molecule has 2 bridgehead atoms. The number of fused-ring (bicyclic) bond motifs is 5. The number of piperidine rings is 1. The van der Waals surface area contributed by atoms with Gasteiger partial charge < -0.3 is 19.0 Å². The number of benzene rings is 1. The van der Waals surface area contributed by atoms with Gasteiger partial charge in [0.2, 0.25) is 0 Å². The molecule has 4 heterocycles. The van der Waals surface area contributed by atoms with E-state index in [0.29, 0.717) is 46.6 Å². The van der Waals surface area contributed by atoms with Gasteiger partial charge >= 0.3 is 0 Å². The molecule has 1 N–H and O–H groups in total. The van der Waals surface area contributed by atoms with E-state index in [9.17, 15) is 9.59 Å². The second-order valence-electron chi connectivity index (χ2n) is 8.13. The Morgan fingerprint density at radius 1 is 1.10 bits per heavy atom. The third kappa shape index (κ3) is 3.17. The van der Waals surface area contributed by atoms with E-state index in [1.54, 1.807) is 32.4 Å². The smallest absolute Gasteiger partial charge is 0.258 e. The summed E-state index contributed by atoms with van der Waals surface area (Å²) in [4.78, 5) is 34.8. The predicted octanol–water partition coefficient (Wildman–Crippen LogP) is 1.72. The Balaban J connectivity index is 1.44. The third-order valence-corrected chi connectivity index (χ3v) is 6.19. The van der Waals surface area contributed by atoms with Crippen LogP contribution in [0.25, 0.3) is 10.9 Å². The molecule has 2 aliphatic rings. The number of H-pyrrole nitrogens is 1. The summed E-state index contributed by atoms with van der Waals surface area (Å²) >= 11 is 0. The predicted molar refractivity (Wildman–Crippen MR) is 112 cm³/mol. The first-order valence-corrected chi connectivity index (χ1v) is 10.1. The molecule has 5 rings (SSSR count). The summed E-state index contributed by atoms with van der Waals surface area (Å²) in [5.74, 6) is 2.42. The Morgan fingerprint density at radius 2 is 1.90 bits per heavy atom. The van der Waals surface area contributed by atoms with Crippen LogP contribution in [0.2, 0.25) is 0 Å². The van der Waals surface area contributed by atoms with Crippen LogP contribution >= 0.6 is 0 Å². The van der Waals surface area contributed by atoms with Crippen molar-refractivity contribution in [3.8, 4) is 11.5 Å². The van der Waals surface area contributed by atoms with Crippen LogP contribution < -0.4 is 20.6 Å². The lowest BCUT2D eigenvalue weighted by Gasteiger charge is -2.42. The van der Waals surface area contributed by atoms with E-state index in [4.69, 9.17) is 9.47 Å². The molecule has 2 aromatic heterocycles. The molecule has 2 atom stereocenters. The second kappa shape index (κ2) is 7.28. The lowest BCUT2D eigenvalue weighted by atomic mass is 9.83. The molecule has 0 spiro atoms. The number of methoxy groups -OCH3 is 2. The van der Waals surface area contributed by atoms with Gasteiger partial charge in [-0.1, -0.05) is 6.07 Å². The van der Waals surface area contributed by atoms with Crippen LogP contribution in [-0.4, -0.2) is 46.7 Å². The van der Waals surface area contributed by atoms with E-state index in [0.717, 1.165) is 31.7 Å². The summed E-state index contributed by atoms with van der Waals surface area (Å²) in [6, 6.07) is 8.93. The highest BCUT2D eigenvalue weighted by atomic mass is 16.5. The van der Waals surface area contributed by atoms with Crippen molar-refractivity contribution in [2.75, 3.05) is 27.3 Å². The van der Waals surface area contributed by atoms with Crippen molar-refractivity contribution in [2.45, 2.75) is 25.4 Å². The number of nitrogens with zero attached hydrogens (tertiary/aromatic N) is 3. The minimum Gasteiger partial charge on any atom is -0.493 e. The van der Waals surface area contributed by atoms with Crippen LogP contribution in [0.5, 0.6) is 11.5 Å². The Labute approximate surface area is 173 Å². The summed E-state index contributed by atoms with van der Waals surface area (Å²) < 4.78 is 12.6. The van der Waals surface area contributed by atoms with Crippen molar-refractivity contribution in [1.82, 2.24) is 19.4 Å². The first kappa shape index (κ1) is 18.9. The van der Waals surface area contributed by atoms with E-state index in [1.807, 2.05) is 10.6 Å². The van der Waals surface area contributed by atoms with Crippen molar-refractivity contribution in [3.05, 3.63) is 62.6 Å². The van der Waals surface area contributed by atoms with Crippen molar-refractivity contribution >= 4 is 10.9 Å². The molecule has 0 aliphatic carbocycles. The van der Waals surface area contributed by atoms with E-state index in [-0.39, 0.29) is 11.1 Å². The Morgan fingerprint density at radius 3 is 2.70 bits per heavy atom. The molecule has 3 aromatic rings. The third-order valence-electron chi connectivity index (χ3n) is 6.19. The zero-order chi connectivity index (χ0) is 20.8. The maximum absolute atomic E-state index is 12.7. The van der Waals surface area contributed by atoms with Gasteiger partial charge in [-0.25, -0.2) is 4.98 Å². The van der Waals surface area contributed by atoms with Gasteiger partial charge in [-0.05, 0) is 24.5 Å². The van der Waals surface area contributed by atoms with Crippen LogP contribution in [0.15, 0.2) is 39.9 Å². The summed E-state index contributed by atoms with van der Waals surface area (Å²) in [5.41, 5.74) is 1.59. The molecule has 2 aliphatic heterocycles. The first-order chi connectivity index (χ1) is 14.6. The highest BCUT2D eigenvalue weighted by Gasteiger charge is 2.34. The Kier molecular flexibility index (Phi) is 4.58. The average molecular weight is 408 g/mol. The number of rotatable bonds is 4. The van der Waals surface area contributed by atoms with E-state index in [2.05, 4.69) is 20.9 Å². The largest absolute Gasteiger partial charge is 0.493 e. The summed E-state index contributed by atoms with van der Waals surface area (Å²) in [6.45, 7) is 3.03. The molecule has 8 heteroatoms. The maximum Gasteiger partial charge on any atom is 0.258 e. The fourth-order valence-electron chi connectivity index (χ4n) is 4.93. The number of hydrogen-bond donors (Lipinski definition) is 1. The monoisotopic (exact) mass is 408 g/mol. The minimum absolute atomic E-state index is 0.0838. The maximum atomic E-state index is 12.7. The van der Waals surface area contributed by atoms with E-state index >= 15 is 0 Å². The zero-order valence-corrected chi connectivity index (χ0v) is 17.1. The molecule has 30 heavy (non-hydrogen) atoms. The summed E-state index contributed by atoms with van der Waals surface area (Å²) in [7, 11) is 3.10. The molecular formula is C22H24N4O4. The van der Waals surface area contributed by atoms with Gasteiger partial charge in [0.15, 0.2) is 11.5 Å². The first-order valence-electron chi connectivity index (χ1n) is 10.1. The fourth-order valence-corrected chi connectivity index (χ4v) is 4.93. The molecule has 8 nitrogen and oxygen atoms in total. The number of aromatic amines is 1. The fraction of sp³-hybridized carbons (Fsp3) is 0.409. The highest BCUT2D eigenvalue weighted by molar-refractivity contribution is 5.81. The lowest BCUT2D eigenvalue weighted by molar-refractivity contribution is 0.112. The van der Waals surface area contributed by atoms with Gasteiger partial charge in [-0.3, -0.25) is 14.5 Å². The van der Waals surface area contributed by atoms with Gasteiger partial charge in [0, 0.05) is 43.4 Å². The van der Waals surface area contributed by atoms with Gasteiger partial charge in [-0.2, -0.15) is 0 Å². The number of ether oxygens (including phenoxy) is 2. The topological polar surface area (TPSA) is 89.5 Å². The van der Waals surface area contributed by atoms with Crippen LogP contribution in [0, 0.1) is 5.92 Å². The van der Waals surface area contributed by atoms with Crippen molar-refractivity contribution in [2.24, 2.45) is 5.92 Å².